The van der Waals surface area contributed by atoms with Crippen molar-refractivity contribution in [1.82, 2.24) is 25.6 Å². The number of anilines is 2. The quantitative estimate of drug-likeness (QED) is 0.0606. The van der Waals surface area contributed by atoms with Crippen molar-refractivity contribution in [2.75, 3.05) is 42.9 Å². The number of unbranched alkanes of at least 4 members (excludes halogenated alkanes) is 1. The third-order valence-corrected chi connectivity index (χ3v) is 12.4. The van der Waals surface area contributed by atoms with Crippen LogP contribution in [0.1, 0.15) is 81.3 Å². The number of piperazine rings is 1. The minimum absolute atomic E-state index is 0.0400. The molecule has 4 aliphatic heterocycles. The highest BCUT2D eigenvalue weighted by molar-refractivity contribution is 7.17. The summed E-state index contributed by atoms with van der Waals surface area (Å²) in [6.07, 6.45) is 4.55. The number of amides is 6. The van der Waals surface area contributed by atoms with Crippen molar-refractivity contribution in [2.45, 2.75) is 65.0 Å². The Morgan fingerprint density at radius 1 is 1.00 bits per heavy atom. The number of amidine groups is 2. The van der Waals surface area contributed by atoms with Gasteiger partial charge in [-0.25, -0.2) is 5.01 Å². The first-order valence-electron chi connectivity index (χ1n) is 19.7. The van der Waals surface area contributed by atoms with Crippen molar-refractivity contribution in [3.05, 3.63) is 92.3 Å². The number of imide groups is 2. The van der Waals surface area contributed by atoms with Crippen LogP contribution in [0.2, 0.25) is 5.02 Å². The molecule has 60 heavy (non-hydrogen) atoms. The summed E-state index contributed by atoms with van der Waals surface area (Å²) in [6, 6.07) is 10.3. The minimum Gasteiger partial charge on any atom is -0.384 e. The van der Waals surface area contributed by atoms with Gasteiger partial charge in [0, 0.05) is 78.4 Å². The third-order valence-electron chi connectivity index (χ3n) is 11.0. The number of carbonyl (C=O) groups excluding carboxylic acids is 6. The van der Waals surface area contributed by atoms with E-state index in [1.54, 1.807) is 52.1 Å². The van der Waals surface area contributed by atoms with Gasteiger partial charge in [0.25, 0.3) is 11.8 Å². The van der Waals surface area contributed by atoms with Crippen molar-refractivity contribution < 1.29 is 28.8 Å². The van der Waals surface area contributed by atoms with Crippen LogP contribution in [-0.4, -0.2) is 112 Å². The molecule has 7 rings (SSSR count). The SMILES string of the molecule is CC(=N)N1C(=N)[C@H](/C=C/C(=O)N2CCN(NC(=O)CCCCNc3cccc4c3C(=O)N(C3CCC(=O)NC3=O)C4=O)CC2)N=C(c2ccc(Cl)cc2)c2c1sc(C)c2C. The van der Waals surface area contributed by atoms with Gasteiger partial charge in [-0.2, -0.15) is 0 Å². The lowest BCUT2D eigenvalue weighted by Gasteiger charge is -2.34. The van der Waals surface area contributed by atoms with Crippen LogP contribution in [0.4, 0.5) is 10.7 Å². The molecule has 312 valence electrons. The van der Waals surface area contributed by atoms with Gasteiger partial charge in [-0.15, -0.1) is 11.3 Å². The molecule has 2 fully saturated rings. The number of hydrogen-bond donors (Lipinski definition) is 5. The van der Waals surface area contributed by atoms with Crippen molar-refractivity contribution >= 4 is 86.5 Å². The molecule has 16 nitrogen and oxygen atoms in total. The summed E-state index contributed by atoms with van der Waals surface area (Å²) in [5, 5.41) is 26.2. The molecule has 18 heteroatoms. The number of hydrazine groups is 1. The normalized spacial score (nSPS) is 19.6. The molecule has 5 heterocycles. The summed E-state index contributed by atoms with van der Waals surface area (Å²) in [5.41, 5.74) is 7.09. The number of fused-ring (bicyclic) bond motifs is 2. The van der Waals surface area contributed by atoms with Crippen LogP contribution in [0.15, 0.2) is 59.6 Å². The number of carbonyl (C=O) groups is 6. The first-order valence-corrected chi connectivity index (χ1v) is 20.9. The van der Waals surface area contributed by atoms with Gasteiger partial charge < -0.3 is 10.2 Å². The predicted octanol–water partition coefficient (Wildman–Crippen LogP) is 4.43. The zero-order chi connectivity index (χ0) is 42.8. The van der Waals surface area contributed by atoms with Crippen LogP contribution >= 0.6 is 22.9 Å². The summed E-state index contributed by atoms with van der Waals surface area (Å²) in [7, 11) is 0. The highest BCUT2D eigenvalue weighted by Gasteiger charge is 2.45. The zero-order valence-corrected chi connectivity index (χ0v) is 35.0. The Kier molecular flexibility index (Phi) is 12.4. The average molecular weight is 853 g/mol. The molecular formula is C42H45ClN10O6S. The highest BCUT2D eigenvalue weighted by Crippen LogP contribution is 2.40. The van der Waals surface area contributed by atoms with E-state index in [9.17, 15) is 28.8 Å². The smallest absolute Gasteiger partial charge is 0.264 e. The molecule has 0 saturated carbocycles. The Labute approximate surface area is 355 Å². The number of benzene rings is 2. The maximum absolute atomic E-state index is 13.4. The Hall–Kier alpha value is -6.04. The van der Waals surface area contributed by atoms with Gasteiger partial charge in [0.1, 0.15) is 28.8 Å². The van der Waals surface area contributed by atoms with Crippen LogP contribution in [0.5, 0.6) is 0 Å². The van der Waals surface area contributed by atoms with E-state index in [0.717, 1.165) is 31.5 Å². The second kappa shape index (κ2) is 17.7. The third kappa shape index (κ3) is 8.50. The number of rotatable bonds is 11. The standard InChI is InChI=1S/C42H45ClN10O6S/c1-23-24(2)60-42-35(23)37(26-10-12-27(43)13-11-26)47-30(38(45)52(42)25(3)44)14-17-34(56)50-19-21-51(22-20-50)49-33(55)9-4-5-18-46-29-8-6-7-28-36(29)41(59)53(40(28)58)31-15-16-32(54)48-39(31)57/h6-8,10-14,17,30-31,44-46H,4-5,9,15-16,18-22H2,1-3H3,(H,49,55)(H,48,54,57)/b17-14+,44-25?,45-38?/t30-,31?/m0/s1. The van der Waals surface area contributed by atoms with E-state index in [-0.39, 0.29) is 53.9 Å². The van der Waals surface area contributed by atoms with E-state index in [2.05, 4.69) is 16.1 Å². The van der Waals surface area contributed by atoms with Gasteiger partial charge in [-0.1, -0.05) is 29.8 Å². The van der Waals surface area contributed by atoms with Gasteiger partial charge in [-0.3, -0.25) is 65.1 Å². The maximum atomic E-state index is 13.4. The molecule has 0 radical (unpaired) electrons. The van der Waals surface area contributed by atoms with Crippen LogP contribution in [0.3, 0.4) is 0 Å². The van der Waals surface area contributed by atoms with E-state index in [1.807, 2.05) is 26.0 Å². The zero-order valence-electron chi connectivity index (χ0n) is 33.4. The molecule has 5 N–H and O–H groups in total. The molecule has 3 aromatic rings. The fourth-order valence-corrected chi connectivity index (χ4v) is 9.04. The summed E-state index contributed by atoms with van der Waals surface area (Å²) in [6.45, 7) is 7.67. The molecule has 1 unspecified atom stereocenters. The van der Waals surface area contributed by atoms with Crippen LogP contribution in [0, 0.1) is 24.7 Å². The maximum Gasteiger partial charge on any atom is 0.264 e. The van der Waals surface area contributed by atoms with E-state index >= 15 is 0 Å². The van der Waals surface area contributed by atoms with Crippen molar-refractivity contribution in [2.24, 2.45) is 4.99 Å². The summed E-state index contributed by atoms with van der Waals surface area (Å²) in [4.78, 5) is 87.0. The fourth-order valence-electron chi connectivity index (χ4n) is 7.69. The van der Waals surface area contributed by atoms with Gasteiger partial charge >= 0.3 is 0 Å². The van der Waals surface area contributed by atoms with Crippen molar-refractivity contribution in [1.29, 1.82) is 10.8 Å². The number of hydrogen-bond acceptors (Lipinski definition) is 12. The number of halogens is 1. The van der Waals surface area contributed by atoms with E-state index < -0.39 is 35.7 Å². The Balaban J connectivity index is 0.891. The first kappa shape index (κ1) is 42.1. The molecule has 2 atom stereocenters. The lowest BCUT2D eigenvalue weighted by molar-refractivity contribution is -0.136. The Morgan fingerprint density at radius 2 is 1.73 bits per heavy atom. The Morgan fingerprint density at radius 3 is 2.43 bits per heavy atom. The number of piperidine rings is 1. The molecule has 0 aliphatic carbocycles. The van der Waals surface area contributed by atoms with Gasteiger partial charge in [-0.05, 0) is 75.9 Å². The minimum atomic E-state index is -1.05. The molecule has 0 spiro atoms. The van der Waals surface area contributed by atoms with E-state index in [0.29, 0.717) is 62.0 Å². The summed E-state index contributed by atoms with van der Waals surface area (Å²) >= 11 is 7.70. The molecular weight excluding hydrogens is 808 g/mol. The largest absolute Gasteiger partial charge is 0.384 e. The fraction of sp³-hybridized carbons (Fsp3) is 0.357. The second-order valence-corrected chi connectivity index (χ2v) is 16.6. The molecule has 2 saturated heterocycles. The van der Waals surface area contributed by atoms with Crippen molar-refractivity contribution in [3.63, 3.8) is 0 Å². The lowest BCUT2D eigenvalue weighted by atomic mass is 10.00. The Bertz CT molecular complexity index is 2370. The highest BCUT2D eigenvalue weighted by atomic mass is 35.5. The molecule has 0 bridgehead atoms. The molecule has 6 amide bonds. The summed E-state index contributed by atoms with van der Waals surface area (Å²) < 4.78 is 0. The molecule has 2 aromatic carbocycles. The van der Waals surface area contributed by atoms with E-state index in [4.69, 9.17) is 27.4 Å². The number of nitrogens with zero attached hydrogens (tertiary/aromatic N) is 5. The number of nitrogens with one attached hydrogen (secondary N) is 5. The predicted molar refractivity (Wildman–Crippen MR) is 229 cm³/mol. The second-order valence-electron chi connectivity index (χ2n) is 15.0. The average Bonchev–Trinajstić information content (AvgIpc) is 3.59. The molecule has 4 aliphatic rings. The van der Waals surface area contributed by atoms with Gasteiger partial charge in [0.2, 0.25) is 23.6 Å². The van der Waals surface area contributed by atoms with Crippen LogP contribution in [-0.2, 0) is 19.2 Å². The van der Waals surface area contributed by atoms with Crippen LogP contribution < -0.4 is 21.0 Å². The topological polar surface area (TPSA) is 212 Å². The number of aliphatic imine (C=N–C) groups is 1. The summed E-state index contributed by atoms with van der Waals surface area (Å²) in [5.74, 6) is -2.44. The van der Waals surface area contributed by atoms with E-state index in [1.165, 1.54) is 23.5 Å². The number of thiophene rings is 1. The molecule has 1 aromatic heterocycles. The van der Waals surface area contributed by atoms with Crippen LogP contribution in [0.25, 0.3) is 0 Å². The van der Waals surface area contributed by atoms with Crippen molar-refractivity contribution in [3.8, 4) is 0 Å². The first-order chi connectivity index (χ1) is 28.7. The van der Waals surface area contributed by atoms with Gasteiger partial charge in [0.15, 0.2) is 0 Å². The van der Waals surface area contributed by atoms with Gasteiger partial charge in [0.05, 0.1) is 16.8 Å². The lowest BCUT2D eigenvalue weighted by Crippen LogP contribution is -2.54. The monoisotopic (exact) mass is 852 g/mol. The number of aryl methyl sites for hydroxylation is 1.